The van der Waals surface area contributed by atoms with E-state index in [1.54, 1.807) is 12.1 Å². The SMILES string of the molecule is CC(Sc1nnc(-c2cccc(Cl)c2)o1)C(=O)NC1CCCCC1. The van der Waals surface area contributed by atoms with Crippen molar-refractivity contribution in [2.24, 2.45) is 0 Å². The molecule has 5 nitrogen and oxygen atoms in total. The van der Waals surface area contributed by atoms with Crippen LogP contribution in [-0.2, 0) is 4.79 Å². The lowest BCUT2D eigenvalue weighted by atomic mass is 9.95. The van der Waals surface area contributed by atoms with Gasteiger partial charge in [-0.1, -0.05) is 48.7 Å². The molecule has 3 rings (SSSR count). The van der Waals surface area contributed by atoms with E-state index in [2.05, 4.69) is 15.5 Å². The summed E-state index contributed by atoms with van der Waals surface area (Å²) in [6.45, 7) is 1.85. The zero-order chi connectivity index (χ0) is 16.9. The van der Waals surface area contributed by atoms with Gasteiger partial charge in [-0.2, -0.15) is 0 Å². The Morgan fingerprint density at radius 1 is 1.33 bits per heavy atom. The summed E-state index contributed by atoms with van der Waals surface area (Å²) in [6, 6.07) is 7.54. The van der Waals surface area contributed by atoms with E-state index in [-0.39, 0.29) is 11.2 Å². The smallest absolute Gasteiger partial charge is 0.277 e. The standard InChI is InChI=1S/C17H20ClN3O2S/c1-11(15(22)19-14-8-3-2-4-9-14)24-17-21-20-16(23-17)12-6-5-7-13(18)10-12/h5-7,10-11,14H,2-4,8-9H2,1H3,(H,19,22). The molecule has 1 unspecified atom stereocenters. The Bertz CT molecular complexity index is 701. The third kappa shape index (κ3) is 4.51. The first-order chi connectivity index (χ1) is 11.6. The molecule has 7 heteroatoms. The van der Waals surface area contributed by atoms with Crippen molar-refractivity contribution in [1.29, 1.82) is 0 Å². The van der Waals surface area contributed by atoms with Crippen molar-refractivity contribution in [3.05, 3.63) is 29.3 Å². The summed E-state index contributed by atoms with van der Waals surface area (Å²) in [5.41, 5.74) is 0.765. The van der Waals surface area contributed by atoms with Crippen LogP contribution in [0.1, 0.15) is 39.0 Å². The average molecular weight is 366 g/mol. The Morgan fingerprint density at radius 2 is 2.12 bits per heavy atom. The first-order valence-corrected chi connectivity index (χ1v) is 9.44. The number of rotatable bonds is 5. The first kappa shape index (κ1) is 17.3. The van der Waals surface area contributed by atoms with Crippen LogP contribution in [0.2, 0.25) is 5.02 Å². The third-order valence-electron chi connectivity index (χ3n) is 4.08. The summed E-state index contributed by atoms with van der Waals surface area (Å²) in [5.74, 6) is 0.425. The summed E-state index contributed by atoms with van der Waals surface area (Å²) >= 11 is 7.25. The van der Waals surface area contributed by atoms with Gasteiger partial charge in [0.05, 0.1) is 5.25 Å². The van der Waals surface area contributed by atoms with Crippen molar-refractivity contribution < 1.29 is 9.21 Å². The van der Waals surface area contributed by atoms with Crippen LogP contribution in [0.5, 0.6) is 0 Å². The maximum atomic E-state index is 12.3. The minimum Gasteiger partial charge on any atom is -0.411 e. The predicted molar refractivity (Wildman–Crippen MR) is 95.1 cm³/mol. The molecule has 1 aliphatic carbocycles. The molecule has 0 radical (unpaired) electrons. The number of halogens is 1. The number of amides is 1. The normalized spacial score (nSPS) is 16.8. The van der Waals surface area contributed by atoms with E-state index in [1.807, 2.05) is 19.1 Å². The van der Waals surface area contributed by atoms with Crippen LogP contribution >= 0.6 is 23.4 Å². The minimum absolute atomic E-state index is 0.0226. The van der Waals surface area contributed by atoms with Crippen molar-refractivity contribution in [3.8, 4) is 11.5 Å². The van der Waals surface area contributed by atoms with Gasteiger partial charge in [-0.15, -0.1) is 10.2 Å². The molecule has 1 heterocycles. The molecule has 1 fully saturated rings. The molecule has 0 bridgehead atoms. The van der Waals surface area contributed by atoms with Crippen molar-refractivity contribution in [2.45, 2.75) is 55.5 Å². The van der Waals surface area contributed by atoms with E-state index in [4.69, 9.17) is 16.0 Å². The minimum atomic E-state index is -0.278. The van der Waals surface area contributed by atoms with Crippen LogP contribution in [0.15, 0.2) is 33.9 Å². The van der Waals surface area contributed by atoms with Crippen LogP contribution in [0, 0.1) is 0 Å². The molecule has 1 aromatic heterocycles. The summed E-state index contributed by atoms with van der Waals surface area (Å²) < 4.78 is 5.64. The van der Waals surface area contributed by atoms with Crippen LogP contribution < -0.4 is 5.32 Å². The van der Waals surface area contributed by atoms with Gasteiger partial charge in [0, 0.05) is 16.6 Å². The van der Waals surface area contributed by atoms with Crippen LogP contribution in [-0.4, -0.2) is 27.4 Å². The lowest BCUT2D eigenvalue weighted by Crippen LogP contribution is -2.40. The largest absolute Gasteiger partial charge is 0.411 e. The first-order valence-electron chi connectivity index (χ1n) is 8.18. The Kier molecular flexibility index (Phi) is 5.79. The van der Waals surface area contributed by atoms with E-state index in [9.17, 15) is 4.79 Å². The fourth-order valence-corrected chi connectivity index (χ4v) is 3.65. The molecule has 0 aliphatic heterocycles. The van der Waals surface area contributed by atoms with E-state index < -0.39 is 0 Å². The number of hydrogen-bond donors (Lipinski definition) is 1. The average Bonchev–Trinajstić information content (AvgIpc) is 3.04. The Balaban J connectivity index is 1.58. The zero-order valence-electron chi connectivity index (χ0n) is 13.5. The Morgan fingerprint density at radius 3 is 2.88 bits per heavy atom. The number of benzene rings is 1. The second-order valence-corrected chi connectivity index (χ2v) is 7.72. The van der Waals surface area contributed by atoms with E-state index >= 15 is 0 Å². The molecule has 2 aromatic rings. The van der Waals surface area contributed by atoms with Crippen molar-refractivity contribution in [2.75, 3.05) is 0 Å². The predicted octanol–water partition coefficient (Wildman–Crippen LogP) is 4.32. The van der Waals surface area contributed by atoms with Gasteiger partial charge < -0.3 is 9.73 Å². The van der Waals surface area contributed by atoms with Gasteiger partial charge in [0.15, 0.2) is 0 Å². The van der Waals surface area contributed by atoms with Gasteiger partial charge in [0.25, 0.3) is 5.22 Å². The molecule has 128 valence electrons. The molecule has 0 spiro atoms. The number of nitrogens with one attached hydrogen (secondary N) is 1. The third-order valence-corrected chi connectivity index (χ3v) is 5.25. The lowest BCUT2D eigenvalue weighted by molar-refractivity contribution is -0.121. The second kappa shape index (κ2) is 8.03. The highest BCUT2D eigenvalue weighted by Gasteiger charge is 2.22. The van der Waals surface area contributed by atoms with Gasteiger partial charge in [-0.25, -0.2) is 0 Å². The molecule has 1 amide bonds. The molecular formula is C17H20ClN3O2S. The van der Waals surface area contributed by atoms with E-state index in [0.717, 1.165) is 18.4 Å². The summed E-state index contributed by atoms with van der Waals surface area (Å²) in [7, 11) is 0. The number of nitrogens with zero attached hydrogens (tertiary/aromatic N) is 2. The lowest BCUT2D eigenvalue weighted by Gasteiger charge is -2.23. The number of aromatic nitrogens is 2. The summed E-state index contributed by atoms with van der Waals surface area (Å²) in [5, 5.41) is 11.9. The Labute approximate surface area is 150 Å². The van der Waals surface area contributed by atoms with Crippen LogP contribution in [0.25, 0.3) is 11.5 Å². The molecule has 1 atom stereocenters. The highest BCUT2D eigenvalue weighted by Crippen LogP contribution is 2.27. The van der Waals surface area contributed by atoms with Crippen molar-refractivity contribution in [1.82, 2.24) is 15.5 Å². The van der Waals surface area contributed by atoms with Gasteiger partial charge in [-0.3, -0.25) is 4.79 Å². The molecular weight excluding hydrogens is 346 g/mol. The van der Waals surface area contributed by atoms with Crippen LogP contribution in [0.3, 0.4) is 0 Å². The molecule has 1 aromatic carbocycles. The van der Waals surface area contributed by atoms with Gasteiger partial charge >= 0.3 is 0 Å². The number of thioether (sulfide) groups is 1. The molecule has 24 heavy (non-hydrogen) atoms. The fraction of sp³-hybridized carbons (Fsp3) is 0.471. The number of carbonyl (C=O) groups is 1. The maximum Gasteiger partial charge on any atom is 0.277 e. The molecule has 1 N–H and O–H groups in total. The summed E-state index contributed by atoms with van der Waals surface area (Å²) in [4.78, 5) is 12.3. The van der Waals surface area contributed by atoms with E-state index in [1.165, 1.54) is 31.0 Å². The van der Waals surface area contributed by atoms with Crippen LogP contribution in [0.4, 0.5) is 0 Å². The van der Waals surface area contributed by atoms with Gasteiger partial charge in [0.2, 0.25) is 11.8 Å². The maximum absolute atomic E-state index is 12.3. The summed E-state index contributed by atoms with van der Waals surface area (Å²) in [6.07, 6.45) is 5.80. The number of hydrogen-bond acceptors (Lipinski definition) is 5. The molecule has 0 saturated heterocycles. The van der Waals surface area contributed by atoms with E-state index in [0.29, 0.717) is 22.2 Å². The molecule has 1 aliphatic rings. The number of carbonyl (C=O) groups excluding carboxylic acids is 1. The van der Waals surface area contributed by atoms with Gasteiger partial charge in [0.1, 0.15) is 0 Å². The molecule has 1 saturated carbocycles. The van der Waals surface area contributed by atoms with Gasteiger partial charge in [-0.05, 0) is 38.0 Å². The fourth-order valence-electron chi connectivity index (χ4n) is 2.77. The van der Waals surface area contributed by atoms with Crippen molar-refractivity contribution in [3.63, 3.8) is 0 Å². The second-order valence-electron chi connectivity index (χ2n) is 5.99. The zero-order valence-corrected chi connectivity index (χ0v) is 15.1. The quantitative estimate of drug-likeness (QED) is 0.799. The highest BCUT2D eigenvalue weighted by atomic mass is 35.5. The highest BCUT2D eigenvalue weighted by molar-refractivity contribution is 8.00. The Hall–Kier alpha value is -1.53. The monoisotopic (exact) mass is 365 g/mol. The topological polar surface area (TPSA) is 68.0 Å². The van der Waals surface area contributed by atoms with Crippen molar-refractivity contribution >= 4 is 29.3 Å².